The average Bonchev–Trinajstić information content (AvgIpc) is 3.46. The standard InChI is InChI=1S/C66H47BN2OSSi2/c1-5-22-48(23-6-1)72(49-24-7-2-8-25-49)62-36-17-13-30-54(62)68(55-31-14-18-37-63(55)72)46-40-42-52-59(44-46)70-58-34-21-35-60-66(58)67(52)53-43-41-47(45-61(53)71-60)69-56-32-15-19-38-64(56)73(50-26-9-3-10-27-50,51-28-11-4-12-29-51)65-39-20-16-33-57(65)69/h1-45,72-73H/q-2. The van der Waals surface area contributed by atoms with Crippen LogP contribution in [0, 0.1) is 0 Å². The number of hydrogen-bond donors (Lipinski definition) is 0. The summed E-state index contributed by atoms with van der Waals surface area (Å²) in [6, 6.07) is 103. The van der Waals surface area contributed by atoms with Crippen LogP contribution in [0.4, 0.5) is 34.1 Å². The first-order valence-corrected chi connectivity index (χ1v) is 30.9. The molecule has 7 heteroatoms. The molecule has 0 radical (unpaired) electrons. The molecule has 0 bridgehead atoms. The number of rotatable bonds is 6. The van der Waals surface area contributed by atoms with E-state index < -0.39 is 16.1 Å². The summed E-state index contributed by atoms with van der Waals surface area (Å²) in [5, 5.41) is 11.3. The van der Waals surface area contributed by atoms with Gasteiger partial charge in [-0.2, -0.15) is 0 Å². The van der Waals surface area contributed by atoms with Gasteiger partial charge in [-0.1, -0.05) is 0 Å². The number of nitrogens with zero attached hydrogens (tertiary/aromatic N) is 2. The van der Waals surface area contributed by atoms with Gasteiger partial charge in [0.15, 0.2) is 0 Å². The van der Waals surface area contributed by atoms with Crippen LogP contribution < -0.4 is 72.4 Å². The predicted molar refractivity (Wildman–Crippen MR) is 315 cm³/mol. The molecular formula is C66H47BN2OSSi2-2. The van der Waals surface area contributed by atoms with Crippen LogP contribution in [0.5, 0.6) is 11.5 Å². The van der Waals surface area contributed by atoms with Crippen molar-refractivity contribution in [2.24, 2.45) is 0 Å². The first-order chi connectivity index (χ1) is 36.2. The number of ether oxygens (including phenoxy) is 1. The van der Waals surface area contributed by atoms with Crippen LogP contribution in [0.1, 0.15) is 0 Å². The summed E-state index contributed by atoms with van der Waals surface area (Å²) in [4.78, 5) is 7.53. The van der Waals surface area contributed by atoms with Gasteiger partial charge in [0.1, 0.15) is 0 Å². The number of hydrogen-bond acceptors (Lipinski definition) is 4. The van der Waals surface area contributed by atoms with E-state index in [2.05, 4.69) is 283 Å². The first-order valence-electron chi connectivity index (χ1n) is 25.5. The summed E-state index contributed by atoms with van der Waals surface area (Å²) in [6.45, 7) is 0.00607. The molecule has 0 amide bonds. The zero-order chi connectivity index (χ0) is 48.1. The normalized spacial score (nSPS) is 15.6. The van der Waals surface area contributed by atoms with Gasteiger partial charge in [0.2, 0.25) is 0 Å². The first kappa shape index (κ1) is 42.4. The second-order valence-corrected chi connectivity index (χ2v) is 29.7. The van der Waals surface area contributed by atoms with E-state index in [4.69, 9.17) is 4.74 Å². The monoisotopic (exact) mass is 982 g/mol. The Hall–Kier alpha value is -8.33. The van der Waals surface area contributed by atoms with Crippen molar-refractivity contribution in [1.29, 1.82) is 0 Å². The van der Waals surface area contributed by atoms with Crippen molar-refractivity contribution in [3.63, 3.8) is 0 Å². The summed E-state index contributed by atoms with van der Waals surface area (Å²) in [6.07, 6.45) is 0. The minimum atomic E-state index is -3.20. The molecule has 15 rings (SSSR count). The molecule has 0 saturated carbocycles. The number of para-hydroxylation sites is 4. The molecular weight excluding hydrogens is 936 g/mol. The Morgan fingerprint density at radius 2 is 0.699 bits per heavy atom. The van der Waals surface area contributed by atoms with Crippen LogP contribution in [0.3, 0.4) is 0 Å². The summed E-state index contributed by atoms with van der Waals surface area (Å²) in [5.74, 6) is 1.83. The Bertz CT molecular complexity index is 3540. The Morgan fingerprint density at radius 3 is 1.14 bits per heavy atom. The molecule has 0 N–H and O–H groups in total. The quantitative estimate of drug-likeness (QED) is 0.155. The van der Waals surface area contributed by atoms with Crippen molar-refractivity contribution in [3.05, 3.63) is 273 Å². The summed E-state index contributed by atoms with van der Waals surface area (Å²) in [5.41, 5.74) is 10.9. The Kier molecular flexibility index (Phi) is 9.64. The number of anilines is 6. The summed E-state index contributed by atoms with van der Waals surface area (Å²) >= 11 is 1.87. The van der Waals surface area contributed by atoms with E-state index in [1.807, 2.05) is 11.8 Å². The molecule has 4 heterocycles. The molecule has 3 nitrogen and oxygen atoms in total. The third-order valence-electron chi connectivity index (χ3n) is 16.7. The second-order valence-electron chi connectivity index (χ2n) is 20.0. The number of benzene rings is 11. The van der Waals surface area contributed by atoms with Gasteiger partial charge in [0.05, 0.1) is 0 Å². The van der Waals surface area contributed by atoms with Crippen LogP contribution in [0.25, 0.3) is 0 Å². The molecule has 11 aromatic carbocycles. The molecule has 0 saturated heterocycles. The Labute approximate surface area is 432 Å². The molecule has 0 aliphatic carbocycles. The molecule has 4 aliphatic rings. The van der Waals surface area contributed by atoms with Crippen LogP contribution in [-0.4, -0.2) is 22.9 Å². The maximum atomic E-state index is 7.08. The van der Waals surface area contributed by atoms with E-state index in [0.717, 1.165) is 22.9 Å². The third kappa shape index (κ3) is 6.07. The summed E-state index contributed by atoms with van der Waals surface area (Å²) < 4.78 is 7.08. The zero-order valence-corrected chi connectivity index (χ0v) is 43.0. The van der Waals surface area contributed by atoms with Gasteiger partial charge in [-0.05, 0) is 0 Å². The second kappa shape index (κ2) is 16.6. The van der Waals surface area contributed by atoms with Gasteiger partial charge in [-0.3, -0.25) is 0 Å². The van der Waals surface area contributed by atoms with Crippen molar-refractivity contribution in [1.82, 2.24) is 0 Å². The molecule has 11 aromatic rings. The molecule has 73 heavy (non-hydrogen) atoms. The van der Waals surface area contributed by atoms with Gasteiger partial charge < -0.3 is 0 Å². The van der Waals surface area contributed by atoms with Gasteiger partial charge in [0, 0.05) is 0 Å². The van der Waals surface area contributed by atoms with Crippen LogP contribution in [-0.2, 0) is 0 Å². The van der Waals surface area contributed by atoms with Crippen molar-refractivity contribution in [2.45, 2.75) is 9.79 Å². The van der Waals surface area contributed by atoms with E-state index >= 15 is 0 Å². The van der Waals surface area contributed by atoms with Crippen molar-refractivity contribution in [3.8, 4) is 11.5 Å². The van der Waals surface area contributed by atoms with E-state index in [9.17, 15) is 0 Å². The zero-order valence-electron chi connectivity index (χ0n) is 39.9. The maximum absolute atomic E-state index is 7.08. The topological polar surface area (TPSA) is 15.7 Å². The molecule has 4 aliphatic heterocycles. The van der Waals surface area contributed by atoms with Gasteiger partial charge in [0.25, 0.3) is 0 Å². The Balaban J connectivity index is 0.871. The van der Waals surface area contributed by atoms with Crippen LogP contribution in [0.15, 0.2) is 283 Å². The molecule has 0 fully saturated rings. The van der Waals surface area contributed by atoms with E-state index in [1.165, 1.54) is 90.4 Å². The van der Waals surface area contributed by atoms with Crippen molar-refractivity contribution >= 4 is 127 Å². The molecule has 0 spiro atoms. The molecule has 0 atom stereocenters. The van der Waals surface area contributed by atoms with Crippen LogP contribution in [0.2, 0.25) is 0 Å². The van der Waals surface area contributed by atoms with Crippen molar-refractivity contribution in [2.75, 3.05) is 9.80 Å². The minimum absolute atomic E-state index is 0.00607. The third-order valence-corrected chi connectivity index (χ3v) is 29.0. The van der Waals surface area contributed by atoms with E-state index in [0.29, 0.717) is 0 Å². The average molecular weight is 983 g/mol. The molecule has 346 valence electrons. The van der Waals surface area contributed by atoms with E-state index in [-0.39, 0.29) is 6.71 Å². The fraction of sp³-hybridized carbons (Fsp3) is 0. The fourth-order valence-electron chi connectivity index (χ4n) is 13.8. The molecule has 0 unspecified atom stereocenters. The van der Waals surface area contributed by atoms with Gasteiger partial charge in [-0.15, -0.1) is 0 Å². The van der Waals surface area contributed by atoms with Crippen molar-refractivity contribution < 1.29 is 4.74 Å². The van der Waals surface area contributed by atoms with Crippen LogP contribution >= 0.6 is 11.8 Å². The fourth-order valence-corrected chi connectivity index (χ4v) is 26.8. The van der Waals surface area contributed by atoms with Gasteiger partial charge in [-0.25, -0.2) is 0 Å². The Morgan fingerprint density at radius 1 is 0.315 bits per heavy atom. The van der Waals surface area contributed by atoms with Gasteiger partial charge >= 0.3 is 435 Å². The van der Waals surface area contributed by atoms with E-state index in [1.54, 1.807) is 0 Å². The predicted octanol–water partition coefficient (Wildman–Crippen LogP) is 8.56. The SMILES string of the molecule is c1ccc([SiH-]2(c3ccccc3)c3ccccc3N(c3ccc4c(c3)Oc3cccc5c3B4c3ccc(N4c6ccccc6[SiH-](c6ccccc6)(c6ccccc6)c6ccccc64)cc3S5)c3ccccc32)cc1. The number of fused-ring (bicyclic) bond motifs is 8. The summed E-state index contributed by atoms with van der Waals surface area (Å²) in [7, 11) is -6.38. The molecule has 0 aromatic heterocycles.